The normalized spacial score (nSPS) is 12.6. The zero-order valence-electron chi connectivity index (χ0n) is 16.9. The average Bonchev–Trinajstić information content (AvgIpc) is 3.13. The van der Waals surface area contributed by atoms with Crippen LogP contribution in [-0.2, 0) is 0 Å². The third kappa shape index (κ3) is 3.59. The van der Waals surface area contributed by atoms with Crippen molar-refractivity contribution in [2.75, 3.05) is 6.54 Å². The Morgan fingerprint density at radius 3 is 2.59 bits per heavy atom. The number of hydrogen-bond donors (Lipinski definition) is 2. The summed E-state index contributed by atoms with van der Waals surface area (Å²) in [5.74, 6) is -0.183. The lowest BCUT2D eigenvalue weighted by Crippen LogP contribution is -2.33. The van der Waals surface area contributed by atoms with Crippen LogP contribution in [-0.4, -0.2) is 27.2 Å². The Morgan fingerprint density at radius 1 is 1.10 bits per heavy atom. The van der Waals surface area contributed by atoms with Gasteiger partial charge in [-0.05, 0) is 49.2 Å². The smallest absolute Gasteiger partial charge is 0.253 e. The first-order valence-corrected chi connectivity index (χ1v) is 9.82. The van der Waals surface area contributed by atoms with Gasteiger partial charge in [0.1, 0.15) is 0 Å². The zero-order chi connectivity index (χ0) is 20.5. The Hall–Kier alpha value is -3.25. The highest BCUT2D eigenvalue weighted by Crippen LogP contribution is 2.22. The van der Waals surface area contributed by atoms with Gasteiger partial charge in [0.15, 0.2) is 5.65 Å². The molecule has 4 rings (SSSR count). The van der Waals surface area contributed by atoms with Crippen molar-refractivity contribution < 1.29 is 4.79 Å². The highest BCUT2D eigenvalue weighted by Gasteiger charge is 2.19. The minimum absolute atomic E-state index is 0.183. The van der Waals surface area contributed by atoms with E-state index < -0.39 is 0 Å². The maximum Gasteiger partial charge on any atom is 0.253 e. The number of pyridine rings is 1. The van der Waals surface area contributed by atoms with Gasteiger partial charge in [0.2, 0.25) is 0 Å². The molecule has 0 saturated carbocycles. The van der Waals surface area contributed by atoms with Crippen molar-refractivity contribution in [3.63, 3.8) is 0 Å². The average molecular weight is 387 g/mol. The minimum Gasteiger partial charge on any atom is -0.344 e. The number of benzene rings is 2. The lowest BCUT2D eigenvalue weighted by Gasteiger charge is -2.19. The molecule has 148 valence electrons. The monoisotopic (exact) mass is 387 g/mol. The summed E-state index contributed by atoms with van der Waals surface area (Å²) in [5.41, 5.74) is 8.99. The fourth-order valence-electron chi connectivity index (χ4n) is 3.61. The third-order valence-corrected chi connectivity index (χ3v) is 5.21. The van der Waals surface area contributed by atoms with E-state index in [1.807, 2.05) is 35.9 Å². The van der Waals surface area contributed by atoms with E-state index in [1.165, 1.54) is 0 Å². The molecule has 6 heteroatoms. The SMILES string of the molecule is Cc1nc2c(cnn2C(C)C)cc1C(=O)NC(CN)c1ccc2ccccc2c1. The summed E-state index contributed by atoms with van der Waals surface area (Å²) in [5, 5.41) is 10.6. The van der Waals surface area contributed by atoms with Gasteiger partial charge in [0.25, 0.3) is 5.91 Å². The Balaban J connectivity index is 1.63. The number of nitrogens with two attached hydrogens (primary N) is 1. The number of nitrogens with one attached hydrogen (secondary N) is 1. The summed E-state index contributed by atoms with van der Waals surface area (Å²) < 4.78 is 1.86. The molecule has 2 heterocycles. The zero-order valence-corrected chi connectivity index (χ0v) is 16.9. The van der Waals surface area contributed by atoms with Crippen molar-refractivity contribution in [3.8, 4) is 0 Å². The maximum absolute atomic E-state index is 13.0. The van der Waals surface area contributed by atoms with Gasteiger partial charge >= 0.3 is 0 Å². The summed E-state index contributed by atoms with van der Waals surface area (Å²) in [6.07, 6.45) is 1.75. The van der Waals surface area contributed by atoms with Crippen LogP contribution in [0, 0.1) is 6.92 Å². The van der Waals surface area contributed by atoms with Crippen LogP contribution < -0.4 is 11.1 Å². The number of carbonyl (C=O) groups excluding carboxylic acids is 1. The summed E-state index contributed by atoms with van der Waals surface area (Å²) >= 11 is 0. The molecule has 3 N–H and O–H groups in total. The Bertz CT molecular complexity index is 1190. The predicted molar refractivity (Wildman–Crippen MR) is 116 cm³/mol. The molecule has 0 bridgehead atoms. The van der Waals surface area contributed by atoms with Gasteiger partial charge in [-0.1, -0.05) is 36.4 Å². The topological polar surface area (TPSA) is 85.8 Å². The number of hydrogen-bond acceptors (Lipinski definition) is 4. The van der Waals surface area contributed by atoms with Crippen molar-refractivity contribution in [1.29, 1.82) is 0 Å². The molecule has 0 aliphatic heterocycles. The summed E-state index contributed by atoms with van der Waals surface area (Å²) in [7, 11) is 0. The molecule has 0 fully saturated rings. The van der Waals surface area contributed by atoms with Crippen molar-refractivity contribution in [2.24, 2.45) is 5.73 Å². The van der Waals surface area contributed by atoms with Crippen LogP contribution in [0.2, 0.25) is 0 Å². The van der Waals surface area contributed by atoms with Crippen molar-refractivity contribution >= 4 is 27.7 Å². The van der Waals surface area contributed by atoms with E-state index >= 15 is 0 Å². The fraction of sp³-hybridized carbons (Fsp3) is 0.261. The Morgan fingerprint density at radius 2 is 1.86 bits per heavy atom. The van der Waals surface area contributed by atoms with E-state index in [0.717, 1.165) is 27.4 Å². The first kappa shape index (κ1) is 19.1. The Kier molecular flexibility index (Phi) is 5.03. The van der Waals surface area contributed by atoms with Crippen LogP contribution in [0.3, 0.4) is 0 Å². The standard InChI is InChI=1S/C23H25N5O/c1-14(2)28-22-19(13-25-28)11-20(15(3)26-22)23(29)27-21(12-24)18-9-8-16-6-4-5-7-17(16)10-18/h4-11,13-14,21H,12,24H2,1-3H3,(H,27,29). The molecule has 1 amide bonds. The number of nitrogens with zero attached hydrogens (tertiary/aromatic N) is 3. The quantitative estimate of drug-likeness (QED) is 0.544. The summed E-state index contributed by atoms with van der Waals surface area (Å²) in [6, 6.07) is 16.1. The van der Waals surface area contributed by atoms with Crippen LogP contribution in [0.1, 0.15) is 47.5 Å². The van der Waals surface area contributed by atoms with Crippen molar-refractivity contribution in [2.45, 2.75) is 32.9 Å². The van der Waals surface area contributed by atoms with Gasteiger partial charge in [-0.25, -0.2) is 9.67 Å². The van der Waals surface area contributed by atoms with Crippen LogP contribution >= 0.6 is 0 Å². The van der Waals surface area contributed by atoms with E-state index in [0.29, 0.717) is 17.8 Å². The van der Waals surface area contributed by atoms with E-state index in [9.17, 15) is 4.79 Å². The Labute approximate surface area is 169 Å². The predicted octanol–water partition coefficient (Wildman–Crippen LogP) is 3.90. The molecular weight excluding hydrogens is 362 g/mol. The van der Waals surface area contributed by atoms with Crippen molar-refractivity contribution in [1.82, 2.24) is 20.1 Å². The molecule has 29 heavy (non-hydrogen) atoms. The fourth-order valence-corrected chi connectivity index (χ4v) is 3.61. The molecule has 0 aliphatic rings. The van der Waals surface area contributed by atoms with E-state index in [4.69, 9.17) is 5.73 Å². The minimum atomic E-state index is -0.277. The van der Waals surface area contributed by atoms with Gasteiger partial charge in [-0.2, -0.15) is 5.10 Å². The van der Waals surface area contributed by atoms with Crippen LogP contribution in [0.15, 0.2) is 54.7 Å². The van der Waals surface area contributed by atoms with Gasteiger partial charge in [-0.3, -0.25) is 4.79 Å². The second kappa shape index (κ2) is 7.64. The molecule has 4 aromatic rings. The first-order chi connectivity index (χ1) is 14.0. The maximum atomic E-state index is 13.0. The van der Waals surface area contributed by atoms with Crippen LogP contribution in [0.4, 0.5) is 0 Å². The molecule has 1 atom stereocenters. The largest absolute Gasteiger partial charge is 0.344 e. The highest BCUT2D eigenvalue weighted by molar-refractivity contribution is 5.98. The molecule has 0 spiro atoms. The molecular formula is C23H25N5O. The molecule has 2 aromatic heterocycles. The lowest BCUT2D eigenvalue weighted by molar-refractivity contribution is 0.0937. The van der Waals surface area contributed by atoms with Crippen LogP contribution in [0.25, 0.3) is 21.8 Å². The van der Waals surface area contributed by atoms with Gasteiger partial charge < -0.3 is 11.1 Å². The van der Waals surface area contributed by atoms with E-state index in [-0.39, 0.29) is 18.0 Å². The van der Waals surface area contributed by atoms with E-state index in [1.54, 1.807) is 6.20 Å². The number of carbonyl (C=O) groups is 1. The molecule has 2 aromatic carbocycles. The number of rotatable bonds is 5. The number of fused-ring (bicyclic) bond motifs is 2. The number of aromatic nitrogens is 3. The second-order valence-corrected chi connectivity index (χ2v) is 7.59. The second-order valence-electron chi connectivity index (χ2n) is 7.59. The van der Waals surface area contributed by atoms with Gasteiger partial charge in [0.05, 0.1) is 23.5 Å². The van der Waals surface area contributed by atoms with Crippen LogP contribution in [0.5, 0.6) is 0 Å². The molecule has 0 saturated heterocycles. The third-order valence-electron chi connectivity index (χ3n) is 5.21. The van der Waals surface area contributed by atoms with Crippen molar-refractivity contribution in [3.05, 3.63) is 71.5 Å². The lowest BCUT2D eigenvalue weighted by atomic mass is 10.0. The summed E-state index contributed by atoms with van der Waals surface area (Å²) in [4.78, 5) is 17.7. The molecule has 1 unspecified atom stereocenters. The van der Waals surface area contributed by atoms with Gasteiger partial charge in [-0.15, -0.1) is 0 Å². The first-order valence-electron chi connectivity index (χ1n) is 9.82. The number of aryl methyl sites for hydroxylation is 1. The highest BCUT2D eigenvalue weighted by atomic mass is 16.1. The van der Waals surface area contributed by atoms with E-state index in [2.05, 4.69) is 53.5 Å². The molecule has 0 radical (unpaired) electrons. The molecule has 6 nitrogen and oxygen atoms in total. The summed E-state index contributed by atoms with van der Waals surface area (Å²) in [6.45, 7) is 6.27. The number of amides is 1. The molecule has 0 aliphatic carbocycles. The van der Waals surface area contributed by atoms with Gasteiger partial charge in [0, 0.05) is 18.0 Å².